The minimum absolute atomic E-state index is 0.633. The molecule has 0 amide bonds. The van der Waals surface area contributed by atoms with Gasteiger partial charge in [0.2, 0.25) is 0 Å². The van der Waals surface area contributed by atoms with Gasteiger partial charge in [-0.05, 0) is 63.5 Å². The van der Waals surface area contributed by atoms with Crippen molar-refractivity contribution in [1.29, 1.82) is 0 Å². The Morgan fingerprint density at radius 2 is 2.12 bits per heavy atom. The van der Waals surface area contributed by atoms with Crippen molar-refractivity contribution in [2.75, 3.05) is 26.2 Å². The normalized spacial score (nSPS) is 37.2. The largest absolute Gasteiger partial charge is 0.316 e. The third-order valence-electron chi connectivity index (χ3n) is 5.25. The number of nitrogens with one attached hydrogen (secondary N) is 1. The number of hydrogen-bond donors (Lipinski definition) is 1. The lowest BCUT2D eigenvalue weighted by Crippen LogP contribution is -2.53. The van der Waals surface area contributed by atoms with E-state index in [1.54, 1.807) is 0 Å². The molecule has 98 valence electrons. The molecule has 2 heterocycles. The molecule has 0 bridgehead atoms. The average molecular weight is 236 g/mol. The van der Waals surface area contributed by atoms with Crippen LogP contribution in [0, 0.1) is 11.3 Å². The first-order valence-corrected chi connectivity index (χ1v) is 7.72. The molecular weight excluding hydrogens is 208 g/mol. The van der Waals surface area contributed by atoms with E-state index in [0.717, 1.165) is 12.0 Å². The van der Waals surface area contributed by atoms with E-state index in [0.29, 0.717) is 5.41 Å². The smallest absolute Gasteiger partial charge is 0.00698 e. The van der Waals surface area contributed by atoms with Crippen LogP contribution in [-0.2, 0) is 0 Å². The summed E-state index contributed by atoms with van der Waals surface area (Å²) in [6, 6.07) is 0.835. The van der Waals surface area contributed by atoms with E-state index in [9.17, 15) is 0 Å². The van der Waals surface area contributed by atoms with Crippen LogP contribution in [0.1, 0.15) is 51.9 Å². The van der Waals surface area contributed by atoms with Crippen LogP contribution in [0.15, 0.2) is 0 Å². The second kappa shape index (κ2) is 4.89. The molecular formula is C15H28N2. The van der Waals surface area contributed by atoms with Crippen molar-refractivity contribution in [2.24, 2.45) is 11.3 Å². The van der Waals surface area contributed by atoms with E-state index in [1.165, 1.54) is 71.1 Å². The average Bonchev–Trinajstić information content (AvgIpc) is 3.14. The summed E-state index contributed by atoms with van der Waals surface area (Å²) in [6.45, 7) is 7.72. The van der Waals surface area contributed by atoms with Crippen LogP contribution >= 0.6 is 0 Å². The number of likely N-dealkylation sites (tertiary alicyclic amines) is 1. The zero-order valence-electron chi connectivity index (χ0n) is 11.4. The van der Waals surface area contributed by atoms with E-state index >= 15 is 0 Å². The van der Waals surface area contributed by atoms with Crippen molar-refractivity contribution in [3.8, 4) is 0 Å². The lowest BCUT2D eigenvalue weighted by atomic mass is 9.74. The third kappa shape index (κ3) is 2.85. The Morgan fingerprint density at radius 3 is 2.82 bits per heavy atom. The van der Waals surface area contributed by atoms with E-state index in [-0.39, 0.29) is 0 Å². The maximum Gasteiger partial charge on any atom is 0.00698 e. The van der Waals surface area contributed by atoms with Crippen LogP contribution in [0.25, 0.3) is 0 Å². The fourth-order valence-corrected chi connectivity index (χ4v) is 3.99. The minimum Gasteiger partial charge on any atom is -0.316 e. The SMILES string of the molecule is CC(CC1CC1)N1CCCC2(CCCNC2)C1. The van der Waals surface area contributed by atoms with Crippen LogP contribution in [0.5, 0.6) is 0 Å². The number of hydrogen-bond acceptors (Lipinski definition) is 2. The summed E-state index contributed by atoms with van der Waals surface area (Å²) in [5, 5.41) is 3.63. The first-order chi connectivity index (χ1) is 8.27. The van der Waals surface area contributed by atoms with Gasteiger partial charge in [0.25, 0.3) is 0 Å². The Kier molecular flexibility index (Phi) is 3.45. The highest BCUT2D eigenvalue weighted by atomic mass is 15.2. The van der Waals surface area contributed by atoms with Crippen molar-refractivity contribution in [1.82, 2.24) is 10.2 Å². The van der Waals surface area contributed by atoms with E-state index in [2.05, 4.69) is 17.1 Å². The molecule has 1 spiro atoms. The lowest BCUT2D eigenvalue weighted by Gasteiger charge is -2.47. The van der Waals surface area contributed by atoms with Gasteiger partial charge in [0.15, 0.2) is 0 Å². The molecule has 0 aromatic rings. The molecule has 17 heavy (non-hydrogen) atoms. The summed E-state index contributed by atoms with van der Waals surface area (Å²) in [7, 11) is 0. The monoisotopic (exact) mass is 236 g/mol. The first-order valence-electron chi connectivity index (χ1n) is 7.72. The van der Waals surface area contributed by atoms with Crippen molar-refractivity contribution in [3.05, 3.63) is 0 Å². The molecule has 0 aromatic heterocycles. The zero-order valence-corrected chi connectivity index (χ0v) is 11.4. The van der Waals surface area contributed by atoms with Crippen molar-refractivity contribution in [3.63, 3.8) is 0 Å². The van der Waals surface area contributed by atoms with Gasteiger partial charge < -0.3 is 10.2 Å². The maximum atomic E-state index is 3.63. The Bertz CT molecular complexity index is 248. The van der Waals surface area contributed by atoms with Crippen molar-refractivity contribution in [2.45, 2.75) is 57.9 Å². The van der Waals surface area contributed by atoms with Crippen LogP contribution in [0.2, 0.25) is 0 Å². The Labute approximate surface area is 106 Å². The molecule has 2 atom stereocenters. The standard InChI is InChI=1S/C15H28N2/c1-13(10-14-4-5-14)17-9-3-7-15(12-17)6-2-8-16-11-15/h13-14,16H,2-12H2,1H3. The van der Waals surface area contributed by atoms with Crippen molar-refractivity contribution >= 4 is 0 Å². The fraction of sp³-hybridized carbons (Fsp3) is 1.00. The van der Waals surface area contributed by atoms with E-state index in [4.69, 9.17) is 0 Å². The molecule has 1 aliphatic carbocycles. The Morgan fingerprint density at radius 1 is 1.29 bits per heavy atom. The second-order valence-electron chi connectivity index (χ2n) is 6.88. The second-order valence-corrected chi connectivity index (χ2v) is 6.88. The van der Waals surface area contributed by atoms with E-state index < -0.39 is 0 Å². The van der Waals surface area contributed by atoms with Gasteiger partial charge in [-0.3, -0.25) is 0 Å². The molecule has 2 nitrogen and oxygen atoms in total. The van der Waals surface area contributed by atoms with E-state index in [1.807, 2.05) is 0 Å². The van der Waals surface area contributed by atoms with Crippen LogP contribution in [0.3, 0.4) is 0 Å². The van der Waals surface area contributed by atoms with Gasteiger partial charge in [-0.25, -0.2) is 0 Å². The maximum absolute atomic E-state index is 3.63. The summed E-state index contributed by atoms with van der Waals surface area (Å²) >= 11 is 0. The van der Waals surface area contributed by atoms with Gasteiger partial charge in [0, 0.05) is 19.1 Å². The van der Waals surface area contributed by atoms with Gasteiger partial charge in [0.05, 0.1) is 0 Å². The van der Waals surface area contributed by atoms with Crippen molar-refractivity contribution < 1.29 is 0 Å². The highest BCUT2D eigenvalue weighted by Gasteiger charge is 2.38. The van der Waals surface area contributed by atoms with Gasteiger partial charge in [-0.2, -0.15) is 0 Å². The molecule has 2 saturated heterocycles. The molecule has 1 saturated carbocycles. The summed E-state index contributed by atoms with van der Waals surface area (Å²) < 4.78 is 0. The topological polar surface area (TPSA) is 15.3 Å². The molecule has 3 rings (SSSR count). The predicted octanol–water partition coefficient (Wildman–Crippen LogP) is 2.64. The quantitative estimate of drug-likeness (QED) is 0.810. The van der Waals surface area contributed by atoms with Crippen LogP contribution in [-0.4, -0.2) is 37.1 Å². The highest BCUT2D eigenvalue weighted by molar-refractivity contribution is 4.93. The van der Waals surface area contributed by atoms with Crippen LogP contribution < -0.4 is 5.32 Å². The van der Waals surface area contributed by atoms with Gasteiger partial charge >= 0.3 is 0 Å². The first kappa shape index (κ1) is 12.0. The molecule has 2 aliphatic heterocycles. The minimum atomic E-state index is 0.633. The zero-order chi connectivity index (χ0) is 11.7. The molecule has 0 aromatic carbocycles. The highest BCUT2D eigenvalue weighted by Crippen LogP contribution is 2.39. The van der Waals surface area contributed by atoms with Crippen LogP contribution in [0.4, 0.5) is 0 Å². The van der Waals surface area contributed by atoms with Gasteiger partial charge in [-0.15, -0.1) is 0 Å². The molecule has 0 radical (unpaired) electrons. The lowest BCUT2D eigenvalue weighted by molar-refractivity contribution is 0.0383. The molecule has 3 aliphatic rings. The fourth-order valence-electron chi connectivity index (χ4n) is 3.99. The number of piperidine rings is 2. The van der Waals surface area contributed by atoms with Gasteiger partial charge in [0.1, 0.15) is 0 Å². The summed E-state index contributed by atoms with van der Waals surface area (Å²) in [5.74, 6) is 1.08. The number of nitrogens with zero attached hydrogens (tertiary/aromatic N) is 1. The molecule has 2 heteroatoms. The van der Waals surface area contributed by atoms with Gasteiger partial charge in [-0.1, -0.05) is 12.8 Å². The Hall–Kier alpha value is -0.0800. The number of rotatable bonds is 3. The summed E-state index contributed by atoms with van der Waals surface area (Å²) in [4.78, 5) is 2.80. The third-order valence-corrected chi connectivity index (χ3v) is 5.25. The molecule has 3 fully saturated rings. The summed E-state index contributed by atoms with van der Waals surface area (Å²) in [5.41, 5.74) is 0.633. The Balaban J connectivity index is 1.57. The summed E-state index contributed by atoms with van der Waals surface area (Å²) in [6.07, 6.45) is 10.2. The predicted molar refractivity (Wildman–Crippen MR) is 72.1 cm³/mol. The molecule has 1 N–H and O–H groups in total. The molecule has 2 unspecified atom stereocenters.